The van der Waals surface area contributed by atoms with Crippen LogP contribution in [0.15, 0.2) is 84.9 Å². The smallest absolute Gasteiger partial charge is 0.353 e. The maximum atomic E-state index is 12.9. The molecule has 0 bridgehead atoms. The molecule has 2 heterocycles. The number of carboxylic acids is 1. The first-order chi connectivity index (χ1) is 19.6. The Kier molecular flexibility index (Phi) is 6.79. The number of carbonyl (C=O) groups is 1. The normalized spacial score (nSPS) is 11.2. The standard InChI is InChI=1S/C31H25N3O5S/c1-37-22-11-8-19(9-12-22)17-34-26-16-28(39-18-20-6-4-3-5-7-20)27(38-2)15-23(26)29(30(34)31(35)36)21-10-13-24-25(14-21)33-40-32-24/h3-16H,17-18H2,1-2H3,(H,35,36). The van der Waals surface area contributed by atoms with Crippen molar-refractivity contribution in [3.63, 3.8) is 0 Å². The molecule has 0 atom stereocenters. The summed E-state index contributed by atoms with van der Waals surface area (Å²) in [5.74, 6) is 0.725. The van der Waals surface area contributed by atoms with Crippen LogP contribution in [0.25, 0.3) is 33.1 Å². The quantitative estimate of drug-likeness (QED) is 0.215. The molecule has 0 fully saturated rings. The molecular formula is C31H25N3O5S. The number of rotatable bonds is 9. The number of hydrogen-bond acceptors (Lipinski definition) is 7. The Morgan fingerprint density at radius 1 is 0.850 bits per heavy atom. The summed E-state index contributed by atoms with van der Waals surface area (Å²) >= 11 is 1.12. The highest BCUT2D eigenvalue weighted by Crippen LogP contribution is 2.42. The highest BCUT2D eigenvalue weighted by atomic mass is 32.1. The fourth-order valence-corrected chi connectivity index (χ4v) is 5.41. The number of aromatic nitrogens is 3. The van der Waals surface area contributed by atoms with Crippen molar-refractivity contribution < 1.29 is 24.1 Å². The molecule has 0 aliphatic carbocycles. The van der Waals surface area contributed by atoms with E-state index in [-0.39, 0.29) is 5.69 Å². The molecule has 0 aliphatic heterocycles. The average molecular weight is 552 g/mol. The van der Waals surface area contributed by atoms with Crippen LogP contribution in [-0.2, 0) is 13.2 Å². The lowest BCUT2D eigenvalue weighted by atomic mass is 10.0. The number of ether oxygens (including phenoxy) is 3. The van der Waals surface area contributed by atoms with Gasteiger partial charge < -0.3 is 23.9 Å². The number of methoxy groups -OCH3 is 2. The zero-order chi connectivity index (χ0) is 27.6. The maximum Gasteiger partial charge on any atom is 0.353 e. The molecule has 0 unspecified atom stereocenters. The molecule has 0 aliphatic rings. The lowest BCUT2D eigenvalue weighted by Gasteiger charge is -2.13. The summed E-state index contributed by atoms with van der Waals surface area (Å²) < 4.78 is 27.7. The van der Waals surface area contributed by atoms with E-state index in [1.165, 1.54) is 0 Å². The third-order valence-electron chi connectivity index (χ3n) is 6.83. The van der Waals surface area contributed by atoms with E-state index in [1.54, 1.807) is 14.2 Å². The van der Waals surface area contributed by atoms with E-state index in [0.717, 1.165) is 45.1 Å². The first-order valence-corrected chi connectivity index (χ1v) is 13.3. The van der Waals surface area contributed by atoms with Gasteiger partial charge in [-0.05, 0) is 47.0 Å². The third-order valence-corrected chi connectivity index (χ3v) is 7.39. The van der Waals surface area contributed by atoms with E-state index in [0.29, 0.717) is 41.2 Å². The molecule has 0 saturated heterocycles. The fraction of sp³-hybridized carbons (Fsp3) is 0.129. The molecule has 4 aromatic carbocycles. The fourth-order valence-electron chi connectivity index (χ4n) is 4.89. The van der Waals surface area contributed by atoms with Crippen LogP contribution in [0.4, 0.5) is 0 Å². The van der Waals surface area contributed by atoms with Gasteiger partial charge in [0.15, 0.2) is 11.5 Å². The minimum atomic E-state index is -1.04. The van der Waals surface area contributed by atoms with E-state index < -0.39 is 5.97 Å². The highest BCUT2D eigenvalue weighted by molar-refractivity contribution is 7.00. The first-order valence-electron chi connectivity index (χ1n) is 12.6. The average Bonchev–Trinajstić information content (AvgIpc) is 3.58. The lowest BCUT2D eigenvalue weighted by Crippen LogP contribution is -2.10. The van der Waals surface area contributed by atoms with Gasteiger partial charge in [0, 0.05) is 23.6 Å². The van der Waals surface area contributed by atoms with Crippen molar-refractivity contribution in [1.82, 2.24) is 13.3 Å². The second-order valence-electron chi connectivity index (χ2n) is 9.23. The van der Waals surface area contributed by atoms with Gasteiger partial charge in [0.2, 0.25) is 0 Å². The molecule has 6 aromatic rings. The minimum absolute atomic E-state index is 0.163. The number of aromatic carboxylic acids is 1. The second-order valence-corrected chi connectivity index (χ2v) is 9.75. The van der Waals surface area contributed by atoms with E-state index in [9.17, 15) is 9.90 Å². The Morgan fingerprint density at radius 3 is 2.35 bits per heavy atom. The van der Waals surface area contributed by atoms with Crippen molar-refractivity contribution in [3.8, 4) is 28.4 Å². The third kappa shape index (κ3) is 4.71. The van der Waals surface area contributed by atoms with Gasteiger partial charge in [-0.25, -0.2) is 4.79 Å². The predicted molar refractivity (Wildman–Crippen MR) is 155 cm³/mol. The van der Waals surface area contributed by atoms with Crippen molar-refractivity contribution in [2.45, 2.75) is 13.2 Å². The van der Waals surface area contributed by atoms with Gasteiger partial charge in [0.05, 0.1) is 31.5 Å². The Morgan fingerprint density at radius 2 is 1.62 bits per heavy atom. The zero-order valence-corrected chi connectivity index (χ0v) is 22.6. The van der Waals surface area contributed by atoms with Crippen LogP contribution < -0.4 is 14.2 Å². The maximum absolute atomic E-state index is 12.9. The first kappa shape index (κ1) is 25.4. The Labute approximate surface area is 234 Å². The number of fused-ring (bicyclic) bond motifs is 2. The van der Waals surface area contributed by atoms with Gasteiger partial charge in [-0.1, -0.05) is 48.5 Å². The lowest BCUT2D eigenvalue weighted by molar-refractivity contribution is 0.0687. The van der Waals surface area contributed by atoms with Crippen LogP contribution in [0.5, 0.6) is 17.2 Å². The molecule has 6 rings (SSSR count). The van der Waals surface area contributed by atoms with E-state index >= 15 is 0 Å². The highest BCUT2D eigenvalue weighted by Gasteiger charge is 2.26. The zero-order valence-electron chi connectivity index (χ0n) is 21.8. The van der Waals surface area contributed by atoms with Crippen LogP contribution in [0.2, 0.25) is 0 Å². The molecule has 0 amide bonds. The molecule has 200 valence electrons. The largest absolute Gasteiger partial charge is 0.497 e. The summed E-state index contributed by atoms with van der Waals surface area (Å²) in [4.78, 5) is 12.9. The van der Waals surface area contributed by atoms with Crippen molar-refractivity contribution in [3.05, 3.63) is 102 Å². The van der Waals surface area contributed by atoms with Crippen molar-refractivity contribution in [2.75, 3.05) is 14.2 Å². The number of carboxylic acid groups (broad SMARTS) is 1. The Balaban J connectivity index is 1.56. The van der Waals surface area contributed by atoms with Gasteiger partial charge in [0.1, 0.15) is 29.1 Å². The number of hydrogen-bond donors (Lipinski definition) is 1. The summed E-state index contributed by atoms with van der Waals surface area (Å²) in [6.07, 6.45) is 0. The Hall–Kier alpha value is -4.89. The van der Waals surface area contributed by atoms with Gasteiger partial charge in [0.25, 0.3) is 0 Å². The Bertz CT molecular complexity index is 1830. The molecule has 0 saturated carbocycles. The minimum Gasteiger partial charge on any atom is -0.497 e. The van der Waals surface area contributed by atoms with E-state index in [4.69, 9.17) is 14.2 Å². The van der Waals surface area contributed by atoms with Crippen LogP contribution >= 0.6 is 11.7 Å². The summed E-state index contributed by atoms with van der Waals surface area (Å²) in [5.41, 5.74) is 5.60. The van der Waals surface area contributed by atoms with Crippen molar-refractivity contribution >= 4 is 39.6 Å². The van der Waals surface area contributed by atoms with Crippen LogP contribution in [-0.4, -0.2) is 38.6 Å². The van der Waals surface area contributed by atoms with Crippen molar-refractivity contribution in [2.24, 2.45) is 0 Å². The van der Waals surface area contributed by atoms with Gasteiger partial charge in [-0.3, -0.25) is 0 Å². The molecule has 0 radical (unpaired) electrons. The predicted octanol–water partition coefficient (Wildman–Crippen LogP) is 6.66. The molecule has 40 heavy (non-hydrogen) atoms. The molecule has 2 aromatic heterocycles. The molecule has 1 N–H and O–H groups in total. The van der Waals surface area contributed by atoms with Crippen molar-refractivity contribution in [1.29, 1.82) is 0 Å². The monoisotopic (exact) mass is 551 g/mol. The molecule has 8 nitrogen and oxygen atoms in total. The van der Waals surface area contributed by atoms with Crippen LogP contribution in [0, 0.1) is 0 Å². The molecule has 0 spiro atoms. The summed E-state index contributed by atoms with van der Waals surface area (Å²) in [6.45, 7) is 0.668. The number of nitrogens with zero attached hydrogens (tertiary/aromatic N) is 3. The molecule has 9 heteroatoms. The van der Waals surface area contributed by atoms with Crippen LogP contribution in [0.1, 0.15) is 21.6 Å². The van der Waals surface area contributed by atoms with Crippen LogP contribution in [0.3, 0.4) is 0 Å². The summed E-state index contributed by atoms with van der Waals surface area (Å²) in [5, 5.41) is 11.3. The summed E-state index contributed by atoms with van der Waals surface area (Å²) in [6, 6.07) is 26.8. The number of benzene rings is 4. The summed E-state index contributed by atoms with van der Waals surface area (Å²) in [7, 11) is 3.19. The topological polar surface area (TPSA) is 95.7 Å². The molecular weight excluding hydrogens is 526 g/mol. The van der Waals surface area contributed by atoms with Gasteiger partial charge in [-0.2, -0.15) is 8.75 Å². The van der Waals surface area contributed by atoms with E-state index in [1.807, 2.05) is 89.5 Å². The SMILES string of the molecule is COc1ccc(Cn2c(C(=O)O)c(-c3ccc4nsnc4c3)c3cc(OC)c(OCc4ccccc4)cc32)cc1. The van der Waals surface area contributed by atoms with Gasteiger partial charge in [-0.15, -0.1) is 0 Å². The van der Waals surface area contributed by atoms with Gasteiger partial charge >= 0.3 is 5.97 Å². The second kappa shape index (κ2) is 10.7. The van der Waals surface area contributed by atoms with E-state index in [2.05, 4.69) is 8.75 Å².